The second-order valence-electron chi connectivity index (χ2n) is 5.80. The highest BCUT2D eigenvalue weighted by Gasteiger charge is 2.22. The molecule has 126 valence electrons. The number of anilines is 1. The molecule has 0 fully saturated rings. The Bertz CT molecular complexity index is 609. The van der Waals surface area contributed by atoms with Gasteiger partial charge in [0.15, 0.2) is 6.61 Å². The monoisotopic (exact) mass is 384 g/mol. The second kappa shape index (κ2) is 8.12. The Kier molecular flexibility index (Phi) is 6.78. The lowest BCUT2D eigenvalue weighted by Gasteiger charge is -2.24. The number of nitrogens with one attached hydrogen (secondary N) is 2. The minimum Gasteiger partial charge on any atom is -0.495 e. The lowest BCUT2D eigenvalue weighted by Crippen LogP contribution is -2.28. The van der Waals surface area contributed by atoms with Crippen molar-refractivity contribution in [2.75, 3.05) is 19.0 Å². The molecule has 0 saturated heterocycles. The van der Waals surface area contributed by atoms with Crippen LogP contribution in [0.15, 0.2) is 29.3 Å². The number of halogens is 1. The predicted molar refractivity (Wildman–Crippen MR) is 92.3 cm³/mol. The summed E-state index contributed by atoms with van der Waals surface area (Å²) >= 11 is 3.45. The molecule has 2 N–H and O–H groups in total. The van der Waals surface area contributed by atoms with Gasteiger partial charge in [-0.3, -0.25) is 14.4 Å². The lowest BCUT2D eigenvalue weighted by atomic mass is 9.86. The van der Waals surface area contributed by atoms with E-state index >= 15 is 0 Å². The number of rotatable bonds is 6. The van der Waals surface area contributed by atoms with E-state index in [2.05, 4.69) is 54.1 Å². The Morgan fingerprint density at radius 1 is 1.35 bits per heavy atom. The van der Waals surface area contributed by atoms with Gasteiger partial charge in [-0.2, -0.15) is 0 Å². The number of carbonyl (C=O) groups is 2. The van der Waals surface area contributed by atoms with E-state index in [0.717, 1.165) is 21.9 Å². The highest BCUT2D eigenvalue weighted by Crippen LogP contribution is 2.39. The van der Waals surface area contributed by atoms with Crippen LogP contribution in [0, 0.1) is 0 Å². The maximum Gasteiger partial charge on any atom is 0.266 e. The molecule has 6 nitrogen and oxygen atoms in total. The third-order valence-corrected chi connectivity index (χ3v) is 3.49. The number of amides is 2. The quantitative estimate of drug-likeness (QED) is 0.583. The fourth-order valence-corrected chi connectivity index (χ4v) is 2.46. The smallest absolute Gasteiger partial charge is 0.266 e. The lowest BCUT2D eigenvalue weighted by molar-refractivity contribution is -0.133. The van der Waals surface area contributed by atoms with Crippen LogP contribution in [0.4, 0.5) is 5.69 Å². The number of carbonyl (C=O) groups excluding carboxylic acids is 2. The molecule has 0 aliphatic rings. The first-order chi connectivity index (χ1) is 10.7. The topological polar surface area (TPSA) is 76.7 Å². The van der Waals surface area contributed by atoms with Crippen LogP contribution in [0.1, 0.15) is 26.3 Å². The fourth-order valence-electron chi connectivity index (χ4n) is 1.84. The second-order valence-corrected chi connectivity index (χ2v) is 6.65. The van der Waals surface area contributed by atoms with Gasteiger partial charge in [0.1, 0.15) is 5.75 Å². The van der Waals surface area contributed by atoms with Crippen LogP contribution in [0.3, 0.4) is 0 Å². The summed E-state index contributed by atoms with van der Waals surface area (Å²) in [5, 5.41) is 2.71. The summed E-state index contributed by atoms with van der Waals surface area (Å²) in [6.07, 6.45) is 1.05. The molecule has 0 bridgehead atoms. The molecule has 0 heterocycles. The summed E-state index contributed by atoms with van der Waals surface area (Å²) in [6, 6.07) is 3.60. The van der Waals surface area contributed by atoms with E-state index in [0.29, 0.717) is 5.69 Å². The number of methoxy groups -OCH3 is 1. The van der Waals surface area contributed by atoms with E-state index in [1.807, 2.05) is 6.07 Å². The van der Waals surface area contributed by atoms with Crippen LogP contribution in [0.5, 0.6) is 5.75 Å². The first-order valence-electron chi connectivity index (χ1n) is 6.91. The Morgan fingerprint density at radius 3 is 2.52 bits per heavy atom. The maximum atomic E-state index is 11.8. The van der Waals surface area contributed by atoms with Gasteiger partial charge in [-0.05, 0) is 39.6 Å². The van der Waals surface area contributed by atoms with Gasteiger partial charge < -0.3 is 10.1 Å². The van der Waals surface area contributed by atoms with Crippen LogP contribution < -0.4 is 15.5 Å². The molecular formula is C16H21BrN2O4. The van der Waals surface area contributed by atoms with Crippen LogP contribution in [0.2, 0.25) is 0 Å². The Labute approximate surface area is 144 Å². The SMILES string of the molecule is C=CC(=O)NOCC(=O)Nc1cc(Br)c(OC)c(C(C)(C)C)c1. The van der Waals surface area contributed by atoms with Gasteiger partial charge in [-0.15, -0.1) is 0 Å². The predicted octanol–water partition coefficient (Wildman–Crippen LogP) is 2.93. The Balaban J connectivity index is 2.85. The number of hydroxylamine groups is 1. The third kappa shape index (κ3) is 5.69. The number of benzene rings is 1. The van der Waals surface area contributed by atoms with Crippen molar-refractivity contribution in [3.8, 4) is 5.75 Å². The summed E-state index contributed by atoms with van der Waals surface area (Å²) in [7, 11) is 1.60. The number of hydrogen-bond donors (Lipinski definition) is 2. The highest BCUT2D eigenvalue weighted by atomic mass is 79.9. The van der Waals surface area contributed by atoms with E-state index in [1.165, 1.54) is 0 Å². The summed E-state index contributed by atoms with van der Waals surface area (Å²) in [4.78, 5) is 27.5. The van der Waals surface area contributed by atoms with Gasteiger partial charge in [0.05, 0.1) is 11.6 Å². The van der Waals surface area contributed by atoms with E-state index < -0.39 is 11.8 Å². The highest BCUT2D eigenvalue weighted by molar-refractivity contribution is 9.10. The minimum atomic E-state index is -0.514. The molecule has 2 amide bonds. The number of ether oxygens (including phenoxy) is 1. The molecule has 1 rings (SSSR count). The van der Waals surface area contributed by atoms with Crippen molar-refractivity contribution in [2.24, 2.45) is 0 Å². The van der Waals surface area contributed by atoms with Crippen molar-refractivity contribution in [3.63, 3.8) is 0 Å². The van der Waals surface area contributed by atoms with Gasteiger partial charge >= 0.3 is 0 Å². The molecule has 23 heavy (non-hydrogen) atoms. The molecule has 1 aromatic carbocycles. The Morgan fingerprint density at radius 2 is 2.00 bits per heavy atom. The van der Waals surface area contributed by atoms with Gasteiger partial charge in [0, 0.05) is 11.3 Å². The standard InChI is InChI=1S/C16H21BrN2O4/c1-6-13(20)19-23-9-14(21)18-10-7-11(16(2,3)4)15(22-5)12(17)8-10/h6-8H,1,9H2,2-5H3,(H,18,21)(H,19,20). The largest absolute Gasteiger partial charge is 0.495 e. The van der Waals surface area contributed by atoms with Gasteiger partial charge in [0.2, 0.25) is 0 Å². The molecule has 0 aliphatic heterocycles. The molecule has 0 radical (unpaired) electrons. The third-order valence-electron chi connectivity index (χ3n) is 2.90. The molecule has 0 aromatic heterocycles. The van der Waals surface area contributed by atoms with E-state index in [-0.39, 0.29) is 12.0 Å². The molecule has 0 atom stereocenters. The van der Waals surface area contributed by atoms with Crippen molar-refractivity contribution in [2.45, 2.75) is 26.2 Å². The molecular weight excluding hydrogens is 364 g/mol. The van der Waals surface area contributed by atoms with Crippen LogP contribution in [-0.4, -0.2) is 25.5 Å². The number of hydrogen-bond acceptors (Lipinski definition) is 4. The van der Waals surface area contributed by atoms with Crippen LogP contribution >= 0.6 is 15.9 Å². The average molecular weight is 385 g/mol. The van der Waals surface area contributed by atoms with Gasteiger partial charge in [-0.1, -0.05) is 27.4 Å². The molecule has 7 heteroatoms. The first-order valence-corrected chi connectivity index (χ1v) is 7.70. The van der Waals surface area contributed by atoms with Gasteiger partial charge in [0.25, 0.3) is 11.8 Å². The van der Waals surface area contributed by atoms with E-state index in [1.54, 1.807) is 13.2 Å². The van der Waals surface area contributed by atoms with Crippen molar-refractivity contribution >= 4 is 33.4 Å². The van der Waals surface area contributed by atoms with Gasteiger partial charge in [-0.25, -0.2) is 5.48 Å². The van der Waals surface area contributed by atoms with Crippen molar-refractivity contribution in [1.82, 2.24) is 5.48 Å². The molecule has 0 unspecified atom stereocenters. The normalized spacial score (nSPS) is 10.8. The summed E-state index contributed by atoms with van der Waals surface area (Å²) in [6.45, 7) is 9.12. The van der Waals surface area contributed by atoms with Crippen LogP contribution in [0.25, 0.3) is 0 Å². The van der Waals surface area contributed by atoms with E-state index in [9.17, 15) is 9.59 Å². The Hall–Kier alpha value is -1.86. The zero-order valence-electron chi connectivity index (χ0n) is 13.7. The summed E-state index contributed by atoms with van der Waals surface area (Å²) in [5.41, 5.74) is 3.46. The molecule has 1 aromatic rings. The molecule has 0 aliphatic carbocycles. The fraction of sp³-hybridized carbons (Fsp3) is 0.375. The zero-order valence-corrected chi connectivity index (χ0v) is 15.2. The molecule has 0 saturated carbocycles. The van der Waals surface area contributed by atoms with Crippen molar-refractivity contribution in [3.05, 3.63) is 34.8 Å². The maximum absolute atomic E-state index is 11.8. The summed E-state index contributed by atoms with van der Waals surface area (Å²) < 4.78 is 6.16. The zero-order chi connectivity index (χ0) is 17.6. The average Bonchev–Trinajstić information content (AvgIpc) is 2.45. The molecule has 0 spiro atoms. The summed E-state index contributed by atoms with van der Waals surface area (Å²) in [5.74, 6) is -0.184. The van der Waals surface area contributed by atoms with Crippen molar-refractivity contribution < 1.29 is 19.2 Å². The first kappa shape index (κ1) is 19.2. The van der Waals surface area contributed by atoms with Crippen LogP contribution in [-0.2, 0) is 19.8 Å². The van der Waals surface area contributed by atoms with Crippen molar-refractivity contribution in [1.29, 1.82) is 0 Å². The van der Waals surface area contributed by atoms with E-state index in [4.69, 9.17) is 9.57 Å². The minimum absolute atomic E-state index is 0.164.